The van der Waals surface area contributed by atoms with Crippen molar-refractivity contribution in [3.63, 3.8) is 0 Å². The molecule has 1 aliphatic rings. The first-order valence-electron chi connectivity index (χ1n) is 10.7. The van der Waals surface area contributed by atoms with Crippen molar-refractivity contribution >= 4 is 29.2 Å². The molecule has 3 N–H and O–H groups in total. The summed E-state index contributed by atoms with van der Waals surface area (Å²) in [5.41, 5.74) is 1.17. The van der Waals surface area contributed by atoms with Crippen molar-refractivity contribution < 1.29 is 32.7 Å². The molecule has 10 heteroatoms. The van der Waals surface area contributed by atoms with Gasteiger partial charge < -0.3 is 10.4 Å². The molecule has 3 aromatic rings. The van der Waals surface area contributed by atoms with Gasteiger partial charge in [0.25, 0.3) is 0 Å². The number of Topliss-reactive ketones (excluding diaryl/α,β-unsaturated/α-hetero) is 1. The first kappa shape index (κ1) is 23.9. The predicted octanol–water partition coefficient (Wildman–Crippen LogP) is 5.95. The number of nitrogens with zero attached hydrogens (tertiary/aromatic N) is 1. The van der Waals surface area contributed by atoms with Gasteiger partial charge in [0, 0.05) is 23.4 Å². The molecule has 0 bridgehead atoms. The van der Waals surface area contributed by atoms with Gasteiger partial charge in [-0.25, -0.2) is 4.79 Å². The molecule has 0 atom stereocenters. The highest BCUT2D eigenvalue weighted by Crippen LogP contribution is 2.40. The lowest BCUT2D eigenvalue weighted by atomic mass is 10.00. The number of hydrogen-bond acceptors (Lipinski definition) is 4. The smallest absolute Gasteiger partial charge is 0.416 e. The largest absolute Gasteiger partial charge is 0.465 e. The SMILES string of the molecule is O=C(O)Nc1ccc(C(F)(F)F)cc1NC(=O)CC(=O)c1cccc(-c2ccnc(C3CC3)c2)c1. The summed E-state index contributed by atoms with van der Waals surface area (Å²) in [6.45, 7) is 0. The van der Waals surface area contributed by atoms with E-state index in [0.717, 1.165) is 35.7 Å². The number of alkyl halides is 3. The molecule has 1 saturated carbocycles. The molecule has 0 unspecified atom stereocenters. The van der Waals surface area contributed by atoms with Crippen molar-refractivity contribution in [3.05, 3.63) is 77.6 Å². The van der Waals surface area contributed by atoms with Gasteiger partial charge in [0.05, 0.1) is 23.4 Å². The van der Waals surface area contributed by atoms with E-state index in [1.54, 1.807) is 24.4 Å². The number of aromatic nitrogens is 1. The fourth-order valence-corrected chi connectivity index (χ4v) is 3.59. The van der Waals surface area contributed by atoms with E-state index in [-0.39, 0.29) is 11.3 Å². The highest BCUT2D eigenvalue weighted by atomic mass is 19.4. The fourth-order valence-electron chi connectivity index (χ4n) is 3.59. The number of carboxylic acid groups (broad SMARTS) is 1. The topological polar surface area (TPSA) is 108 Å². The minimum absolute atomic E-state index is 0.252. The molecule has 180 valence electrons. The molecule has 7 nitrogen and oxygen atoms in total. The van der Waals surface area contributed by atoms with Crippen molar-refractivity contribution in [2.75, 3.05) is 10.6 Å². The summed E-state index contributed by atoms with van der Waals surface area (Å²) in [6.07, 6.45) is -2.96. The number of anilines is 2. The van der Waals surface area contributed by atoms with E-state index in [1.807, 2.05) is 23.5 Å². The summed E-state index contributed by atoms with van der Waals surface area (Å²) in [4.78, 5) is 40.6. The van der Waals surface area contributed by atoms with Crippen LogP contribution in [-0.2, 0) is 11.0 Å². The quantitative estimate of drug-likeness (QED) is 0.284. The molecule has 0 aliphatic heterocycles. The van der Waals surface area contributed by atoms with Crippen LogP contribution < -0.4 is 10.6 Å². The Kier molecular flexibility index (Phi) is 6.54. The molecule has 1 aromatic heterocycles. The third kappa shape index (κ3) is 6.03. The second kappa shape index (κ2) is 9.57. The lowest BCUT2D eigenvalue weighted by Gasteiger charge is -2.14. The lowest BCUT2D eigenvalue weighted by Crippen LogP contribution is -2.19. The van der Waals surface area contributed by atoms with Crippen LogP contribution in [0.4, 0.5) is 29.3 Å². The van der Waals surface area contributed by atoms with Gasteiger partial charge >= 0.3 is 12.3 Å². The number of carbonyl (C=O) groups excluding carboxylic acids is 2. The maximum Gasteiger partial charge on any atom is 0.416 e. The fraction of sp³-hybridized carbons (Fsp3) is 0.200. The number of pyridine rings is 1. The first-order chi connectivity index (χ1) is 16.6. The van der Waals surface area contributed by atoms with E-state index in [1.165, 1.54) is 0 Å². The number of ketones is 1. The van der Waals surface area contributed by atoms with Gasteiger partial charge in [-0.3, -0.25) is 19.9 Å². The van der Waals surface area contributed by atoms with Gasteiger partial charge in [0.2, 0.25) is 5.91 Å². The average molecular weight is 483 g/mol. The van der Waals surface area contributed by atoms with Crippen LogP contribution in [0.3, 0.4) is 0 Å². The van der Waals surface area contributed by atoms with Crippen LogP contribution >= 0.6 is 0 Å². The molecule has 1 fully saturated rings. The van der Waals surface area contributed by atoms with E-state index in [0.29, 0.717) is 18.1 Å². The Balaban J connectivity index is 1.50. The third-order valence-corrected chi connectivity index (χ3v) is 5.48. The van der Waals surface area contributed by atoms with Crippen LogP contribution in [0.15, 0.2) is 60.8 Å². The van der Waals surface area contributed by atoms with Crippen LogP contribution in [0.25, 0.3) is 11.1 Å². The number of halogens is 3. The molecule has 0 saturated heterocycles. The number of hydrogen-bond donors (Lipinski definition) is 3. The van der Waals surface area contributed by atoms with Crippen LogP contribution in [0.2, 0.25) is 0 Å². The van der Waals surface area contributed by atoms with E-state index in [9.17, 15) is 27.6 Å². The van der Waals surface area contributed by atoms with E-state index >= 15 is 0 Å². The number of amides is 2. The van der Waals surface area contributed by atoms with Crippen molar-refractivity contribution in [1.82, 2.24) is 4.98 Å². The molecular weight excluding hydrogens is 463 g/mol. The van der Waals surface area contributed by atoms with Crippen molar-refractivity contribution in [3.8, 4) is 11.1 Å². The Morgan fingerprint density at radius 1 is 0.943 bits per heavy atom. The third-order valence-electron chi connectivity index (χ3n) is 5.48. The number of nitrogens with one attached hydrogen (secondary N) is 2. The van der Waals surface area contributed by atoms with Gasteiger partial charge in [-0.1, -0.05) is 18.2 Å². The van der Waals surface area contributed by atoms with Crippen LogP contribution in [-0.4, -0.2) is 27.9 Å². The molecule has 2 amide bonds. The number of carbonyl (C=O) groups is 3. The maximum atomic E-state index is 13.1. The molecule has 1 aliphatic carbocycles. The zero-order chi connectivity index (χ0) is 25.2. The normalized spacial score (nSPS) is 13.2. The average Bonchev–Trinajstić information content (AvgIpc) is 3.65. The van der Waals surface area contributed by atoms with Gasteiger partial charge in [0.15, 0.2) is 5.78 Å². The van der Waals surface area contributed by atoms with Crippen molar-refractivity contribution in [1.29, 1.82) is 0 Å². The summed E-state index contributed by atoms with van der Waals surface area (Å²) in [5, 5.41) is 13.1. The highest BCUT2D eigenvalue weighted by Gasteiger charge is 2.31. The minimum atomic E-state index is -4.70. The summed E-state index contributed by atoms with van der Waals surface area (Å²) in [6, 6.07) is 12.7. The second-order valence-corrected chi connectivity index (χ2v) is 8.16. The molecular formula is C25H20F3N3O4. The molecule has 0 radical (unpaired) electrons. The van der Waals surface area contributed by atoms with Gasteiger partial charge in [-0.05, 0) is 60.4 Å². The van der Waals surface area contributed by atoms with Gasteiger partial charge in [-0.2, -0.15) is 13.2 Å². The summed E-state index contributed by atoms with van der Waals surface area (Å²) in [7, 11) is 0. The van der Waals surface area contributed by atoms with Crippen molar-refractivity contribution in [2.24, 2.45) is 0 Å². The van der Waals surface area contributed by atoms with Gasteiger partial charge in [0.1, 0.15) is 0 Å². The van der Waals surface area contributed by atoms with Crippen LogP contribution in [0.5, 0.6) is 0 Å². The van der Waals surface area contributed by atoms with Crippen molar-refractivity contribution in [2.45, 2.75) is 31.4 Å². The minimum Gasteiger partial charge on any atom is -0.465 e. The first-order valence-corrected chi connectivity index (χ1v) is 10.7. The molecule has 4 rings (SSSR count). The van der Waals surface area contributed by atoms with E-state index in [2.05, 4.69) is 10.3 Å². The van der Waals surface area contributed by atoms with Crippen LogP contribution in [0, 0.1) is 0 Å². The molecule has 2 aromatic carbocycles. The Bertz CT molecular complexity index is 1300. The second-order valence-electron chi connectivity index (χ2n) is 8.16. The lowest BCUT2D eigenvalue weighted by molar-refractivity contribution is -0.137. The van der Waals surface area contributed by atoms with Crippen LogP contribution in [0.1, 0.15) is 46.8 Å². The molecule has 35 heavy (non-hydrogen) atoms. The summed E-state index contributed by atoms with van der Waals surface area (Å²) < 4.78 is 39.2. The zero-order valence-electron chi connectivity index (χ0n) is 18.2. The standard InChI is InChI=1S/C25H20F3N3O4/c26-25(27,28)18-6-7-19(31-24(34)35)21(12-18)30-23(33)13-22(32)17-3-1-2-15(10-17)16-8-9-29-20(11-16)14-4-5-14/h1-3,6-12,14,31H,4-5,13H2,(H,30,33)(H,34,35). The van der Waals surface area contributed by atoms with E-state index in [4.69, 9.17) is 5.11 Å². The molecule has 0 spiro atoms. The summed E-state index contributed by atoms with van der Waals surface area (Å²) >= 11 is 0. The number of benzene rings is 2. The van der Waals surface area contributed by atoms with E-state index < -0.39 is 41.6 Å². The highest BCUT2D eigenvalue weighted by molar-refractivity contribution is 6.12. The monoisotopic (exact) mass is 483 g/mol. The summed E-state index contributed by atoms with van der Waals surface area (Å²) in [5.74, 6) is -0.964. The Hall–Kier alpha value is -4.21. The predicted molar refractivity (Wildman–Crippen MR) is 122 cm³/mol. The molecule has 1 heterocycles. The zero-order valence-corrected chi connectivity index (χ0v) is 18.2. The Morgan fingerprint density at radius 3 is 2.37 bits per heavy atom. The Morgan fingerprint density at radius 2 is 1.69 bits per heavy atom. The maximum absolute atomic E-state index is 13.1. The Labute approximate surface area is 198 Å². The number of rotatable bonds is 7. The van der Waals surface area contributed by atoms with Gasteiger partial charge in [-0.15, -0.1) is 0 Å².